The Bertz CT molecular complexity index is 377. The van der Waals surface area contributed by atoms with Crippen LogP contribution in [0.15, 0.2) is 18.3 Å². The molecule has 1 aliphatic heterocycles. The minimum atomic E-state index is -0.393. The number of morpholine rings is 1. The fraction of sp³-hybridized carbons (Fsp3) is 0.400. The summed E-state index contributed by atoms with van der Waals surface area (Å²) in [4.78, 5) is 15.6. The van der Waals surface area contributed by atoms with Crippen LogP contribution >= 0.6 is 0 Å². The van der Waals surface area contributed by atoms with Crippen LogP contribution in [0.1, 0.15) is 0 Å². The van der Waals surface area contributed by atoms with Gasteiger partial charge >= 0.3 is 0 Å². The molecule has 0 aliphatic carbocycles. The largest absolute Gasteiger partial charge is 0.504 e. The Hall–Kier alpha value is -1.66. The molecule has 1 unspecified atom stereocenters. The molecule has 1 aliphatic rings. The third-order valence-electron chi connectivity index (χ3n) is 2.27. The fourth-order valence-electron chi connectivity index (χ4n) is 1.43. The number of aromatic nitrogens is 1. The van der Waals surface area contributed by atoms with Crippen molar-refractivity contribution < 1.29 is 14.6 Å². The molecule has 16 heavy (non-hydrogen) atoms. The number of anilines is 1. The van der Waals surface area contributed by atoms with E-state index in [-0.39, 0.29) is 17.5 Å². The van der Waals surface area contributed by atoms with Gasteiger partial charge in [0.15, 0.2) is 11.6 Å². The van der Waals surface area contributed by atoms with E-state index in [4.69, 9.17) is 4.74 Å². The average molecular weight is 223 g/mol. The Labute approximate surface area is 92.6 Å². The number of aromatic hydroxyl groups is 1. The van der Waals surface area contributed by atoms with Gasteiger partial charge in [-0.2, -0.15) is 0 Å². The molecule has 1 saturated heterocycles. The lowest BCUT2D eigenvalue weighted by atomic mass is 10.2. The molecule has 1 fully saturated rings. The van der Waals surface area contributed by atoms with Crippen molar-refractivity contribution in [2.45, 2.75) is 6.04 Å². The number of carbonyl (C=O) groups excluding carboxylic acids is 1. The van der Waals surface area contributed by atoms with Gasteiger partial charge in [-0.25, -0.2) is 4.98 Å². The highest BCUT2D eigenvalue weighted by Gasteiger charge is 2.22. The second kappa shape index (κ2) is 4.91. The van der Waals surface area contributed by atoms with Crippen LogP contribution in [-0.4, -0.2) is 41.8 Å². The topological polar surface area (TPSA) is 83.5 Å². The second-order valence-electron chi connectivity index (χ2n) is 3.44. The molecule has 0 saturated carbocycles. The lowest BCUT2D eigenvalue weighted by molar-refractivity contribution is -0.120. The maximum absolute atomic E-state index is 11.7. The standard InChI is InChI=1S/C10H13N3O3/c14-8-2-1-3-12-9(8)13-10(15)7-6-16-5-4-11-7/h1-3,7,11,14H,4-6H2,(H,12,13,15). The van der Waals surface area contributed by atoms with Gasteiger partial charge in [-0.1, -0.05) is 0 Å². The van der Waals surface area contributed by atoms with Crippen molar-refractivity contribution in [1.29, 1.82) is 0 Å². The number of carbonyl (C=O) groups is 1. The average Bonchev–Trinajstić information content (AvgIpc) is 2.33. The highest BCUT2D eigenvalue weighted by atomic mass is 16.5. The van der Waals surface area contributed by atoms with Crippen LogP contribution in [0.5, 0.6) is 5.75 Å². The summed E-state index contributed by atoms with van der Waals surface area (Å²) in [5.41, 5.74) is 0. The van der Waals surface area contributed by atoms with E-state index < -0.39 is 6.04 Å². The number of ether oxygens (including phenoxy) is 1. The Morgan fingerprint density at radius 3 is 3.25 bits per heavy atom. The summed E-state index contributed by atoms with van der Waals surface area (Å²) >= 11 is 0. The van der Waals surface area contributed by atoms with Crippen LogP contribution < -0.4 is 10.6 Å². The van der Waals surface area contributed by atoms with E-state index in [0.717, 1.165) is 0 Å². The van der Waals surface area contributed by atoms with Crippen molar-refractivity contribution in [1.82, 2.24) is 10.3 Å². The van der Waals surface area contributed by atoms with E-state index in [1.165, 1.54) is 12.3 Å². The number of rotatable bonds is 2. The molecule has 0 radical (unpaired) electrons. The van der Waals surface area contributed by atoms with E-state index >= 15 is 0 Å². The minimum absolute atomic E-state index is 0.0485. The monoisotopic (exact) mass is 223 g/mol. The summed E-state index contributed by atoms with van der Waals surface area (Å²) in [7, 11) is 0. The Morgan fingerprint density at radius 1 is 1.69 bits per heavy atom. The number of nitrogens with zero attached hydrogens (tertiary/aromatic N) is 1. The van der Waals surface area contributed by atoms with Crippen LogP contribution in [0.2, 0.25) is 0 Å². The number of pyridine rings is 1. The summed E-state index contributed by atoms with van der Waals surface area (Å²) in [6.07, 6.45) is 1.50. The SMILES string of the molecule is O=C(Nc1ncccc1O)C1COCCN1. The maximum atomic E-state index is 11.7. The smallest absolute Gasteiger partial charge is 0.245 e. The summed E-state index contributed by atoms with van der Waals surface area (Å²) in [5, 5.41) is 15.0. The predicted octanol–water partition coefficient (Wildman–Crippen LogP) is -0.286. The van der Waals surface area contributed by atoms with Gasteiger partial charge in [0.1, 0.15) is 6.04 Å². The summed E-state index contributed by atoms with van der Waals surface area (Å²) in [6, 6.07) is 2.66. The highest BCUT2D eigenvalue weighted by Crippen LogP contribution is 2.18. The van der Waals surface area contributed by atoms with Crippen molar-refractivity contribution >= 4 is 11.7 Å². The lowest BCUT2D eigenvalue weighted by Crippen LogP contribution is -2.48. The first-order chi connectivity index (χ1) is 7.77. The van der Waals surface area contributed by atoms with Crippen LogP contribution in [0.25, 0.3) is 0 Å². The van der Waals surface area contributed by atoms with Gasteiger partial charge in [0.25, 0.3) is 0 Å². The van der Waals surface area contributed by atoms with Crippen molar-refractivity contribution in [2.75, 3.05) is 25.1 Å². The molecule has 0 spiro atoms. The second-order valence-corrected chi connectivity index (χ2v) is 3.44. The van der Waals surface area contributed by atoms with E-state index in [2.05, 4.69) is 15.6 Å². The number of hydrogen-bond acceptors (Lipinski definition) is 5. The molecule has 2 heterocycles. The van der Waals surface area contributed by atoms with Crippen molar-refractivity contribution in [3.63, 3.8) is 0 Å². The Morgan fingerprint density at radius 2 is 2.56 bits per heavy atom. The Balaban J connectivity index is 1.99. The molecule has 6 heteroatoms. The maximum Gasteiger partial charge on any atom is 0.245 e. The van der Waals surface area contributed by atoms with Gasteiger partial charge in [0, 0.05) is 12.7 Å². The molecular weight excluding hydrogens is 210 g/mol. The quantitative estimate of drug-likeness (QED) is 0.642. The normalized spacial score (nSPS) is 20.4. The predicted molar refractivity (Wildman–Crippen MR) is 57.1 cm³/mol. The van der Waals surface area contributed by atoms with Gasteiger partial charge in [-0.05, 0) is 12.1 Å². The van der Waals surface area contributed by atoms with Crippen LogP contribution in [-0.2, 0) is 9.53 Å². The van der Waals surface area contributed by atoms with E-state index in [1.807, 2.05) is 0 Å². The number of nitrogens with one attached hydrogen (secondary N) is 2. The molecule has 1 atom stereocenters. The van der Waals surface area contributed by atoms with Crippen molar-refractivity contribution in [3.8, 4) is 5.75 Å². The molecule has 1 amide bonds. The summed E-state index contributed by atoms with van der Waals surface area (Å²) in [6.45, 7) is 1.59. The molecule has 1 aromatic rings. The van der Waals surface area contributed by atoms with Gasteiger partial charge < -0.3 is 20.5 Å². The first kappa shape index (κ1) is 10.8. The fourth-order valence-corrected chi connectivity index (χ4v) is 1.43. The summed E-state index contributed by atoms with van der Waals surface area (Å²) < 4.78 is 5.16. The van der Waals surface area contributed by atoms with Crippen molar-refractivity contribution in [3.05, 3.63) is 18.3 Å². The number of hydrogen-bond donors (Lipinski definition) is 3. The zero-order valence-corrected chi connectivity index (χ0v) is 8.64. The minimum Gasteiger partial charge on any atom is -0.504 e. The lowest BCUT2D eigenvalue weighted by Gasteiger charge is -2.22. The Kier molecular flexibility index (Phi) is 3.33. The van der Waals surface area contributed by atoms with Crippen LogP contribution in [0.3, 0.4) is 0 Å². The highest BCUT2D eigenvalue weighted by molar-refractivity contribution is 5.95. The molecule has 3 N–H and O–H groups in total. The zero-order valence-electron chi connectivity index (χ0n) is 8.64. The van der Waals surface area contributed by atoms with Gasteiger partial charge in [-0.15, -0.1) is 0 Å². The third kappa shape index (κ3) is 2.47. The molecule has 6 nitrogen and oxygen atoms in total. The summed E-state index contributed by atoms with van der Waals surface area (Å²) in [5.74, 6) is -0.138. The van der Waals surface area contributed by atoms with Crippen LogP contribution in [0.4, 0.5) is 5.82 Å². The zero-order chi connectivity index (χ0) is 11.4. The molecule has 0 bridgehead atoms. The van der Waals surface area contributed by atoms with Gasteiger partial charge in [0.2, 0.25) is 5.91 Å². The molecule has 0 aromatic carbocycles. The van der Waals surface area contributed by atoms with Crippen molar-refractivity contribution in [2.24, 2.45) is 0 Å². The molecule has 86 valence electrons. The number of amides is 1. The van der Waals surface area contributed by atoms with E-state index in [0.29, 0.717) is 19.8 Å². The molecular formula is C10H13N3O3. The van der Waals surface area contributed by atoms with Gasteiger partial charge in [0.05, 0.1) is 13.2 Å². The first-order valence-electron chi connectivity index (χ1n) is 5.03. The first-order valence-corrected chi connectivity index (χ1v) is 5.03. The molecule has 1 aromatic heterocycles. The van der Waals surface area contributed by atoms with Gasteiger partial charge in [-0.3, -0.25) is 4.79 Å². The third-order valence-corrected chi connectivity index (χ3v) is 2.27. The van der Waals surface area contributed by atoms with Crippen LogP contribution in [0, 0.1) is 0 Å². The molecule has 2 rings (SSSR count). The van der Waals surface area contributed by atoms with E-state index in [1.54, 1.807) is 6.07 Å². The van der Waals surface area contributed by atoms with E-state index in [9.17, 15) is 9.90 Å².